The number of aromatic hydroxyl groups is 2. The highest BCUT2D eigenvalue weighted by Gasteiger charge is 2.56. The van der Waals surface area contributed by atoms with E-state index >= 15 is 0 Å². The zero-order valence-corrected chi connectivity index (χ0v) is 20.9. The van der Waals surface area contributed by atoms with Crippen molar-refractivity contribution in [1.29, 1.82) is 0 Å². The Balaban J connectivity index is 1.58. The summed E-state index contributed by atoms with van der Waals surface area (Å²) in [5.41, 5.74) is 8.48. The van der Waals surface area contributed by atoms with Gasteiger partial charge in [0, 0.05) is 16.5 Å². The molecule has 2 aliphatic rings. The summed E-state index contributed by atoms with van der Waals surface area (Å²) in [7, 11) is 0. The number of hydrogen-bond acceptors (Lipinski definition) is 2. The Morgan fingerprint density at radius 3 is 1.26 bits per heavy atom. The van der Waals surface area contributed by atoms with Crippen molar-refractivity contribution < 1.29 is 10.2 Å². The number of fused-ring (bicyclic) bond motifs is 4. The van der Waals surface area contributed by atoms with E-state index in [1.165, 1.54) is 22.3 Å². The highest BCUT2D eigenvalue weighted by Crippen LogP contribution is 2.64. The third-order valence-corrected chi connectivity index (χ3v) is 8.42. The van der Waals surface area contributed by atoms with E-state index in [-0.39, 0.29) is 16.2 Å². The summed E-state index contributed by atoms with van der Waals surface area (Å²) in [6.45, 7) is 9.26. The van der Waals surface area contributed by atoms with Gasteiger partial charge in [-0.15, -0.1) is 0 Å². The first kappa shape index (κ1) is 22.0. The Hall–Kier alpha value is -3.52. The van der Waals surface area contributed by atoms with Crippen LogP contribution in [0.25, 0.3) is 22.3 Å². The molecule has 0 fully saturated rings. The number of benzene rings is 4. The van der Waals surface area contributed by atoms with E-state index in [1.807, 2.05) is 48.5 Å². The maximum Gasteiger partial charge on any atom is 0.123 e. The standard InChI is InChI=1S/C33H32O2/c1-31(2)19-33(27-17-29(34)23(15-25(27)31)21-11-7-5-8-12-21)20-32(3,4)26-16-24(30(35)18-28(26)33)22-13-9-6-10-14-22/h5-18,34-35H,19-20H2,1-4H3. The molecule has 0 atom stereocenters. The molecule has 0 heterocycles. The zero-order chi connectivity index (χ0) is 24.6. The first-order chi connectivity index (χ1) is 16.6. The number of hydrogen-bond donors (Lipinski definition) is 2. The molecule has 0 unspecified atom stereocenters. The van der Waals surface area contributed by atoms with Gasteiger partial charge in [-0.3, -0.25) is 0 Å². The fourth-order valence-electron chi connectivity index (χ4n) is 7.07. The molecule has 2 N–H and O–H groups in total. The smallest absolute Gasteiger partial charge is 0.123 e. The lowest BCUT2D eigenvalue weighted by Crippen LogP contribution is -2.26. The van der Waals surface area contributed by atoms with Crippen LogP contribution < -0.4 is 0 Å². The van der Waals surface area contributed by atoms with Gasteiger partial charge in [0.05, 0.1) is 0 Å². The molecular weight excluding hydrogens is 428 g/mol. The summed E-state index contributed by atoms with van der Waals surface area (Å²) in [6, 6.07) is 28.7. The molecule has 0 amide bonds. The Bertz CT molecular complexity index is 1330. The van der Waals surface area contributed by atoms with Crippen LogP contribution in [0, 0.1) is 0 Å². The van der Waals surface area contributed by atoms with E-state index in [9.17, 15) is 10.2 Å². The molecule has 6 rings (SSSR count). The third kappa shape index (κ3) is 3.16. The molecule has 0 aromatic heterocycles. The average molecular weight is 461 g/mol. The molecule has 4 aromatic rings. The molecule has 2 nitrogen and oxygen atoms in total. The van der Waals surface area contributed by atoms with Crippen LogP contribution >= 0.6 is 0 Å². The van der Waals surface area contributed by atoms with Crippen LogP contribution in [0.5, 0.6) is 11.5 Å². The lowest BCUT2D eigenvalue weighted by Gasteiger charge is -2.30. The molecular formula is C33H32O2. The van der Waals surface area contributed by atoms with Crippen LogP contribution in [-0.4, -0.2) is 10.2 Å². The molecule has 2 heteroatoms. The van der Waals surface area contributed by atoms with Gasteiger partial charge in [0.1, 0.15) is 11.5 Å². The Kier molecular flexibility index (Phi) is 4.55. The monoisotopic (exact) mass is 460 g/mol. The summed E-state index contributed by atoms with van der Waals surface area (Å²) >= 11 is 0. The van der Waals surface area contributed by atoms with Gasteiger partial charge in [0.2, 0.25) is 0 Å². The molecule has 0 radical (unpaired) electrons. The molecule has 0 bridgehead atoms. The summed E-state index contributed by atoms with van der Waals surface area (Å²) in [4.78, 5) is 0. The van der Waals surface area contributed by atoms with Gasteiger partial charge in [-0.05, 0) is 81.3 Å². The summed E-state index contributed by atoms with van der Waals surface area (Å²) in [5, 5.41) is 22.4. The minimum atomic E-state index is -0.239. The van der Waals surface area contributed by atoms with Crippen molar-refractivity contribution in [1.82, 2.24) is 0 Å². The summed E-state index contributed by atoms with van der Waals surface area (Å²) in [6.07, 6.45) is 1.90. The molecule has 35 heavy (non-hydrogen) atoms. The van der Waals surface area contributed by atoms with Crippen LogP contribution in [0.4, 0.5) is 0 Å². The molecule has 0 saturated carbocycles. The molecule has 2 aliphatic carbocycles. The van der Waals surface area contributed by atoms with Crippen LogP contribution in [0.15, 0.2) is 84.9 Å². The molecule has 4 aromatic carbocycles. The number of rotatable bonds is 2. The average Bonchev–Trinajstić information content (AvgIpc) is 3.18. The summed E-state index contributed by atoms with van der Waals surface area (Å²) < 4.78 is 0. The van der Waals surface area contributed by atoms with E-state index in [4.69, 9.17) is 0 Å². The van der Waals surface area contributed by atoms with Gasteiger partial charge in [0.25, 0.3) is 0 Å². The van der Waals surface area contributed by atoms with E-state index in [0.717, 1.165) is 35.1 Å². The number of phenols is 2. The first-order valence-corrected chi connectivity index (χ1v) is 12.5. The Morgan fingerprint density at radius 2 is 0.886 bits per heavy atom. The van der Waals surface area contributed by atoms with Crippen molar-refractivity contribution in [2.24, 2.45) is 0 Å². The van der Waals surface area contributed by atoms with Crippen molar-refractivity contribution in [3.63, 3.8) is 0 Å². The quantitative estimate of drug-likeness (QED) is 0.317. The maximum absolute atomic E-state index is 11.2. The Morgan fingerprint density at radius 1 is 0.514 bits per heavy atom. The van der Waals surface area contributed by atoms with Gasteiger partial charge >= 0.3 is 0 Å². The predicted octanol–water partition coefficient (Wildman–Crippen LogP) is 8.08. The van der Waals surface area contributed by atoms with Gasteiger partial charge in [-0.25, -0.2) is 0 Å². The molecule has 176 valence electrons. The Labute approximate surface area is 207 Å². The third-order valence-electron chi connectivity index (χ3n) is 8.42. The minimum absolute atomic E-state index is 0.0576. The number of phenolic OH excluding ortho intramolecular Hbond substituents is 2. The van der Waals surface area contributed by atoms with Crippen molar-refractivity contribution in [3.8, 4) is 33.8 Å². The van der Waals surface area contributed by atoms with E-state index in [2.05, 4.69) is 64.1 Å². The summed E-state index contributed by atoms with van der Waals surface area (Å²) in [5.74, 6) is 0.645. The van der Waals surface area contributed by atoms with E-state index in [0.29, 0.717) is 11.5 Å². The largest absolute Gasteiger partial charge is 0.507 e. The normalized spacial score (nSPS) is 18.4. The van der Waals surface area contributed by atoms with Gasteiger partial charge in [0.15, 0.2) is 0 Å². The minimum Gasteiger partial charge on any atom is -0.507 e. The van der Waals surface area contributed by atoms with Gasteiger partial charge in [-0.1, -0.05) is 88.4 Å². The second kappa shape index (κ2) is 7.24. The fourth-order valence-corrected chi connectivity index (χ4v) is 7.07. The first-order valence-electron chi connectivity index (χ1n) is 12.5. The SMILES string of the molecule is CC1(C)CC2(CC(C)(C)c3cc(-c4ccccc4)c(O)cc32)c2cc(O)c(-c3ccccc3)cc21. The van der Waals surface area contributed by atoms with Gasteiger partial charge in [-0.2, -0.15) is 0 Å². The zero-order valence-electron chi connectivity index (χ0n) is 20.9. The van der Waals surface area contributed by atoms with E-state index < -0.39 is 0 Å². The van der Waals surface area contributed by atoms with Crippen LogP contribution in [-0.2, 0) is 16.2 Å². The van der Waals surface area contributed by atoms with Crippen molar-refractivity contribution >= 4 is 0 Å². The molecule has 0 aliphatic heterocycles. The van der Waals surface area contributed by atoms with Crippen LogP contribution in [0.2, 0.25) is 0 Å². The lowest BCUT2D eigenvalue weighted by atomic mass is 9.72. The maximum atomic E-state index is 11.2. The highest BCUT2D eigenvalue weighted by atomic mass is 16.3. The van der Waals surface area contributed by atoms with Crippen LogP contribution in [0.3, 0.4) is 0 Å². The molecule has 1 spiro atoms. The second-order valence-electron chi connectivity index (χ2n) is 11.8. The molecule has 0 saturated heterocycles. The van der Waals surface area contributed by atoms with Crippen molar-refractivity contribution in [3.05, 3.63) is 107 Å². The lowest BCUT2D eigenvalue weighted by molar-refractivity contribution is 0.348. The van der Waals surface area contributed by atoms with Crippen LogP contribution in [0.1, 0.15) is 62.8 Å². The highest BCUT2D eigenvalue weighted by molar-refractivity contribution is 5.77. The van der Waals surface area contributed by atoms with Gasteiger partial charge < -0.3 is 10.2 Å². The second-order valence-corrected chi connectivity index (χ2v) is 11.8. The topological polar surface area (TPSA) is 40.5 Å². The van der Waals surface area contributed by atoms with Crippen molar-refractivity contribution in [2.45, 2.75) is 56.8 Å². The predicted molar refractivity (Wildman–Crippen MR) is 143 cm³/mol. The fraction of sp³-hybridized carbons (Fsp3) is 0.273. The van der Waals surface area contributed by atoms with E-state index in [1.54, 1.807) is 0 Å². The van der Waals surface area contributed by atoms with Crippen molar-refractivity contribution in [2.75, 3.05) is 0 Å².